The standard InChI is InChI=1S/C2H3ClN2O3S/c3-1-2(6)4-9-5(7)8/h1H2,(H,4,6). The number of nitrogens with zero attached hydrogens (tertiary/aromatic N) is 1. The number of nitrogens with one attached hydrogen (secondary N) is 1. The molecule has 0 fully saturated rings. The Balaban J connectivity index is 3.28. The van der Waals surface area contributed by atoms with Crippen LogP contribution in [0.25, 0.3) is 0 Å². The van der Waals surface area contributed by atoms with E-state index in [1.165, 1.54) is 0 Å². The van der Waals surface area contributed by atoms with Crippen molar-refractivity contribution in [1.82, 2.24) is 4.72 Å². The highest BCUT2D eigenvalue weighted by Crippen LogP contribution is 1.91. The number of carbonyl (C=O) groups is 1. The third-order valence-electron chi connectivity index (χ3n) is 0.355. The second kappa shape index (κ2) is 4.39. The molecule has 0 aliphatic carbocycles. The Morgan fingerprint density at radius 3 is 2.78 bits per heavy atom. The smallest absolute Gasteiger partial charge is 0.273 e. The first-order valence-electron chi connectivity index (χ1n) is 1.83. The van der Waals surface area contributed by atoms with Gasteiger partial charge in [-0.1, -0.05) is 0 Å². The van der Waals surface area contributed by atoms with Crippen molar-refractivity contribution < 1.29 is 9.12 Å². The molecule has 0 aromatic heterocycles. The first-order chi connectivity index (χ1) is 4.16. The fourth-order valence-electron chi connectivity index (χ4n) is 0.115. The van der Waals surface area contributed by atoms with Crippen molar-refractivity contribution in [2.45, 2.75) is 0 Å². The van der Waals surface area contributed by atoms with Crippen molar-refractivity contribution >= 4 is 29.6 Å². The number of halogens is 1. The monoisotopic (exact) mass is 170 g/mol. The molecule has 1 amide bonds. The van der Waals surface area contributed by atoms with Gasteiger partial charge < -0.3 is 0 Å². The average molecular weight is 171 g/mol. The number of alkyl halides is 1. The topological polar surface area (TPSA) is 72.2 Å². The molecule has 0 aromatic carbocycles. The number of carbonyl (C=O) groups excluding carboxylic acids is 1. The van der Waals surface area contributed by atoms with Gasteiger partial charge in [0.25, 0.3) is 0 Å². The maximum absolute atomic E-state index is 10.1. The van der Waals surface area contributed by atoms with Crippen LogP contribution in [-0.4, -0.2) is 16.1 Å². The van der Waals surface area contributed by atoms with Gasteiger partial charge in [-0.15, -0.1) is 11.6 Å². The Morgan fingerprint density at radius 1 is 1.89 bits per heavy atom. The Bertz CT molecular complexity index is 129. The summed E-state index contributed by atoms with van der Waals surface area (Å²) in [6.07, 6.45) is 0. The number of hydrogen-bond donors (Lipinski definition) is 1. The van der Waals surface area contributed by atoms with Crippen LogP contribution < -0.4 is 4.72 Å². The Morgan fingerprint density at radius 2 is 2.44 bits per heavy atom. The molecule has 0 radical (unpaired) electrons. The zero-order valence-electron chi connectivity index (χ0n) is 4.17. The molecule has 0 spiro atoms. The molecule has 0 saturated heterocycles. The Hall–Kier alpha value is -0.490. The van der Waals surface area contributed by atoms with Gasteiger partial charge >= 0.3 is 12.1 Å². The zero-order valence-corrected chi connectivity index (χ0v) is 5.74. The summed E-state index contributed by atoms with van der Waals surface area (Å²) < 4.78 is 1.15. The summed E-state index contributed by atoms with van der Waals surface area (Å²) in [5, 5.41) is 9.53. The molecule has 0 unspecified atom stereocenters. The largest absolute Gasteiger partial charge is 0.355 e. The van der Waals surface area contributed by atoms with Crippen LogP contribution in [0.4, 0.5) is 0 Å². The summed E-state index contributed by atoms with van der Waals surface area (Å²) >= 11 is 5.09. The highest BCUT2D eigenvalue weighted by molar-refractivity contribution is 7.91. The zero-order chi connectivity index (χ0) is 7.28. The van der Waals surface area contributed by atoms with Crippen molar-refractivity contribution in [3.63, 3.8) is 0 Å². The van der Waals surface area contributed by atoms with Crippen LogP contribution in [-0.2, 0) is 4.79 Å². The minimum Gasteiger partial charge on any atom is -0.273 e. The summed E-state index contributed by atoms with van der Waals surface area (Å²) in [6, 6.07) is 0. The minimum atomic E-state index is -0.732. The summed E-state index contributed by atoms with van der Waals surface area (Å²) in [5.41, 5.74) is 0. The predicted molar refractivity (Wildman–Crippen MR) is 33.4 cm³/mol. The minimum absolute atomic E-state index is 0.102. The summed E-state index contributed by atoms with van der Waals surface area (Å²) in [5.74, 6) is -0.834. The summed E-state index contributed by atoms with van der Waals surface area (Å²) in [7, 11) is 0. The number of amides is 1. The van der Waals surface area contributed by atoms with E-state index in [2.05, 4.69) is 0 Å². The Labute approximate surface area is 60.2 Å². The molecular weight excluding hydrogens is 168 g/mol. The molecule has 0 heterocycles. The third kappa shape index (κ3) is 5.38. The van der Waals surface area contributed by atoms with Crippen molar-refractivity contribution in [3.05, 3.63) is 10.1 Å². The van der Waals surface area contributed by atoms with Crippen LogP contribution in [0.2, 0.25) is 0 Å². The van der Waals surface area contributed by atoms with Crippen LogP contribution in [0.15, 0.2) is 0 Å². The van der Waals surface area contributed by atoms with E-state index in [1.807, 2.05) is 4.72 Å². The molecule has 5 nitrogen and oxygen atoms in total. The van der Waals surface area contributed by atoms with Gasteiger partial charge in [0.2, 0.25) is 5.91 Å². The predicted octanol–water partition coefficient (Wildman–Crippen LogP) is 0.181. The normalized spacial score (nSPS) is 8.56. The lowest BCUT2D eigenvalue weighted by molar-refractivity contribution is -0.285. The van der Waals surface area contributed by atoms with Gasteiger partial charge in [0, 0.05) is 0 Å². The van der Waals surface area contributed by atoms with E-state index in [4.69, 9.17) is 11.6 Å². The van der Waals surface area contributed by atoms with Gasteiger partial charge in [-0.05, 0) is 0 Å². The molecule has 0 atom stereocenters. The summed E-state index contributed by atoms with van der Waals surface area (Å²) in [4.78, 5) is 19.7. The maximum Gasteiger partial charge on any atom is 0.355 e. The first kappa shape index (κ1) is 8.51. The van der Waals surface area contributed by atoms with Crippen LogP contribution in [0, 0.1) is 10.1 Å². The SMILES string of the molecule is O=C(CCl)NS[N+](=O)[O-]. The molecule has 0 aromatic rings. The summed E-state index contributed by atoms with van der Waals surface area (Å²) in [6.45, 7) is 0. The quantitative estimate of drug-likeness (QED) is 0.284. The lowest BCUT2D eigenvalue weighted by Gasteiger charge is -1.88. The van der Waals surface area contributed by atoms with E-state index in [1.54, 1.807) is 0 Å². The van der Waals surface area contributed by atoms with Crippen LogP contribution in [0.3, 0.4) is 0 Å². The maximum atomic E-state index is 10.1. The van der Waals surface area contributed by atoms with E-state index >= 15 is 0 Å². The highest BCUT2D eigenvalue weighted by Gasteiger charge is 2.04. The fraction of sp³-hybridized carbons (Fsp3) is 0.500. The second-order valence-corrected chi connectivity index (χ2v) is 1.93. The van der Waals surface area contributed by atoms with Crippen molar-refractivity contribution in [1.29, 1.82) is 0 Å². The molecule has 0 rings (SSSR count). The van der Waals surface area contributed by atoms with E-state index < -0.39 is 10.2 Å². The van der Waals surface area contributed by atoms with Gasteiger partial charge in [-0.2, -0.15) is 0 Å². The molecule has 0 aliphatic heterocycles. The van der Waals surface area contributed by atoms with Gasteiger partial charge in [-0.3, -0.25) is 4.79 Å². The van der Waals surface area contributed by atoms with Crippen molar-refractivity contribution in [2.24, 2.45) is 0 Å². The lowest BCUT2D eigenvalue weighted by Crippen LogP contribution is -2.18. The fourth-order valence-corrected chi connectivity index (χ4v) is 0.510. The number of rotatable bonds is 3. The van der Waals surface area contributed by atoms with Gasteiger partial charge in [-0.25, -0.2) is 14.8 Å². The van der Waals surface area contributed by atoms with Crippen molar-refractivity contribution in [2.75, 3.05) is 5.88 Å². The molecule has 52 valence electrons. The molecule has 7 heteroatoms. The van der Waals surface area contributed by atoms with Crippen LogP contribution >= 0.6 is 23.7 Å². The molecule has 0 saturated carbocycles. The lowest BCUT2D eigenvalue weighted by atomic mass is 10.8. The average Bonchev–Trinajstić information content (AvgIpc) is 1.83. The first-order valence-corrected chi connectivity index (χ1v) is 3.13. The van der Waals surface area contributed by atoms with E-state index in [0.29, 0.717) is 0 Å². The Kier molecular flexibility index (Phi) is 4.16. The van der Waals surface area contributed by atoms with E-state index in [9.17, 15) is 14.9 Å². The number of hydrogen-bond acceptors (Lipinski definition) is 4. The van der Waals surface area contributed by atoms with Gasteiger partial charge in [0.05, 0.1) is 0 Å². The van der Waals surface area contributed by atoms with Gasteiger partial charge in [0.15, 0.2) is 0 Å². The molecule has 9 heavy (non-hydrogen) atoms. The van der Waals surface area contributed by atoms with Crippen LogP contribution in [0.1, 0.15) is 0 Å². The molecule has 0 aliphatic rings. The third-order valence-corrected chi connectivity index (χ3v) is 1.07. The molecule has 0 bridgehead atoms. The highest BCUT2D eigenvalue weighted by atomic mass is 35.5. The van der Waals surface area contributed by atoms with E-state index in [-0.39, 0.29) is 18.0 Å². The molecular formula is C2H3ClN2O3S. The van der Waals surface area contributed by atoms with Crippen molar-refractivity contribution in [3.8, 4) is 0 Å². The van der Waals surface area contributed by atoms with Gasteiger partial charge in [0.1, 0.15) is 10.2 Å². The molecule has 1 N–H and O–H groups in total. The van der Waals surface area contributed by atoms with Crippen LogP contribution in [0.5, 0.6) is 0 Å². The number of nitro groups is 1. The second-order valence-electron chi connectivity index (χ2n) is 0.974. The van der Waals surface area contributed by atoms with E-state index in [0.717, 1.165) is 0 Å².